The molecule has 0 heterocycles. The van der Waals surface area contributed by atoms with Gasteiger partial charge in [0, 0.05) is 6.07 Å². The molecule has 3 fully saturated rings. The standard InChI is InChI=1S/C29H45FO/c1-3-4-5-6-7-21-8-9-26-19-25(15-14-24(26)18-21)22-10-12-23(13-11-22)28-17-16-27(31-2)20-29(28)30/h16-17,20-26H,3-15,18-19H2,1-2H3. The second-order valence-corrected chi connectivity index (χ2v) is 11.1. The fourth-order valence-electron chi connectivity index (χ4n) is 7.44. The molecule has 4 rings (SSSR count). The van der Waals surface area contributed by atoms with Crippen LogP contribution in [0.15, 0.2) is 18.2 Å². The van der Waals surface area contributed by atoms with Crippen molar-refractivity contribution in [1.82, 2.24) is 0 Å². The molecular weight excluding hydrogens is 383 g/mol. The highest BCUT2D eigenvalue weighted by Crippen LogP contribution is 2.50. The van der Waals surface area contributed by atoms with E-state index in [0.29, 0.717) is 11.7 Å². The van der Waals surface area contributed by atoms with Crippen LogP contribution in [-0.4, -0.2) is 7.11 Å². The number of hydrogen-bond donors (Lipinski definition) is 0. The predicted molar refractivity (Wildman–Crippen MR) is 128 cm³/mol. The Balaban J connectivity index is 1.22. The van der Waals surface area contributed by atoms with E-state index in [4.69, 9.17) is 4.74 Å². The van der Waals surface area contributed by atoms with Crippen LogP contribution in [-0.2, 0) is 0 Å². The molecule has 0 radical (unpaired) electrons. The highest BCUT2D eigenvalue weighted by molar-refractivity contribution is 5.31. The number of fused-ring (bicyclic) bond motifs is 1. The zero-order valence-corrected chi connectivity index (χ0v) is 20.1. The fraction of sp³-hybridized carbons (Fsp3) is 0.793. The molecule has 1 aromatic carbocycles. The van der Waals surface area contributed by atoms with Gasteiger partial charge in [0.1, 0.15) is 11.6 Å². The van der Waals surface area contributed by atoms with E-state index in [1.54, 1.807) is 13.2 Å². The number of halogens is 1. The van der Waals surface area contributed by atoms with Gasteiger partial charge in [-0.3, -0.25) is 0 Å². The summed E-state index contributed by atoms with van der Waals surface area (Å²) in [7, 11) is 1.61. The van der Waals surface area contributed by atoms with Crippen molar-refractivity contribution in [3.63, 3.8) is 0 Å². The first-order chi connectivity index (χ1) is 15.2. The van der Waals surface area contributed by atoms with Crippen molar-refractivity contribution in [2.45, 2.75) is 109 Å². The van der Waals surface area contributed by atoms with Crippen molar-refractivity contribution < 1.29 is 9.13 Å². The van der Waals surface area contributed by atoms with Crippen LogP contribution in [0.3, 0.4) is 0 Å². The Morgan fingerprint density at radius 3 is 2.19 bits per heavy atom. The average Bonchev–Trinajstić information content (AvgIpc) is 2.81. The second-order valence-electron chi connectivity index (χ2n) is 11.1. The van der Waals surface area contributed by atoms with Crippen LogP contribution >= 0.6 is 0 Å². The van der Waals surface area contributed by atoms with Crippen LogP contribution in [0, 0.1) is 35.4 Å². The van der Waals surface area contributed by atoms with Gasteiger partial charge in [0.2, 0.25) is 0 Å². The van der Waals surface area contributed by atoms with E-state index in [0.717, 1.165) is 35.2 Å². The van der Waals surface area contributed by atoms with Gasteiger partial charge in [0.25, 0.3) is 0 Å². The Morgan fingerprint density at radius 1 is 0.806 bits per heavy atom. The summed E-state index contributed by atoms with van der Waals surface area (Å²) < 4.78 is 19.7. The summed E-state index contributed by atoms with van der Waals surface area (Å²) in [5, 5.41) is 0. The molecule has 31 heavy (non-hydrogen) atoms. The Kier molecular flexibility index (Phi) is 8.35. The first-order valence-corrected chi connectivity index (χ1v) is 13.5. The van der Waals surface area contributed by atoms with Crippen LogP contribution < -0.4 is 4.74 Å². The molecular formula is C29H45FO. The first kappa shape index (κ1) is 23.1. The topological polar surface area (TPSA) is 9.23 Å². The molecule has 4 atom stereocenters. The fourth-order valence-corrected chi connectivity index (χ4v) is 7.44. The molecule has 0 aromatic heterocycles. The lowest BCUT2D eigenvalue weighted by Gasteiger charge is -2.45. The molecule has 0 N–H and O–H groups in total. The summed E-state index contributed by atoms with van der Waals surface area (Å²) >= 11 is 0. The maximum atomic E-state index is 14.5. The molecule has 174 valence electrons. The normalized spacial score (nSPS) is 33.6. The third-order valence-corrected chi connectivity index (χ3v) is 9.31. The summed E-state index contributed by atoms with van der Waals surface area (Å²) in [6.07, 6.45) is 21.1. The van der Waals surface area contributed by atoms with Crippen LogP contribution in [0.1, 0.15) is 115 Å². The first-order valence-electron chi connectivity index (χ1n) is 13.5. The molecule has 1 nitrogen and oxygen atoms in total. The molecule has 0 amide bonds. The van der Waals surface area contributed by atoms with E-state index >= 15 is 0 Å². The number of rotatable bonds is 8. The van der Waals surface area contributed by atoms with Crippen molar-refractivity contribution in [3.05, 3.63) is 29.6 Å². The van der Waals surface area contributed by atoms with E-state index in [2.05, 4.69) is 6.92 Å². The molecule has 3 aliphatic carbocycles. The lowest BCUT2D eigenvalue weighted by molar-refractivity contribution is 0.0612. The average molecular weight is 429 g/mol. The van der Waals surface area contributed by atoms with Gasteiger partial charge in [0.15, 0.2) is 0 Å². The Hall–Kier alpha value is -1.05. The quantitative estimate of drug-likeness (QED) is 0.375. The van der Waals surface area contributed by atoms with E-state index in [-0.39, 0.29) is 5.82 Å². The lowest BCUT2D eigenvalue weighted by Crippen LogP contribution is -2.34. The largest absolute Gasteiger partial charge is 0.497 e. The van der Waals surface area contributed by atoms with Gasteiger partial charge in [-0.25, -0.2) is 4.39 Å². The highest BCUT2D eigenvalue weighted by atomic mass is 19.1. The smallest absolute Gasteiger partial charge is 0.130 e. The zero-order chi connectivity index (χ0) is 21.6. The maximum Gasteiger partial charge on any atom is 0.130 e. The molecule has 0 aliphatic heterocycles. The minimum absolute atomic E-state index is 0.0743. The van der Waals surface area contributed by atoms with Gasteiger partial charge in [-0.15, -0.1) is 0 Å². The van der Waals surface area contributed by atoms with Crippen molar-refractivity contribution in [2.24, 2.45) is 29.6 Å². The number of ether oxygens (including phenoxy) is 1. The number of unbranched alkanes of at least 4 members (excludes halogenated alkanes) is 3. The van der Waals surface area contributed by atoms with Gasteiger partial charge in [-0.1, -0.05) is 51.5 Å². The van der Waals surface area contributed by atoms with Gasteiger partial charge >= 0.3 is 0 Å². The number of benzene rings is 1. The van der Waals surface area contributed by atoms with Gasteiger partial charge in [-0.05, 0) is 105 Å². The molecule has 4 unspecified atom stereocenters. The van der Waals surface area contributed by atoms with E-state index in [1.165, 1.54) is 96.3 Å². The molecule has 1 aromatic rings. The molecule has 0 bridgehead atoms. The van der Waals surface area contributed by atoms with Crippen LogP contribution in [0.25, 0.3) is 0 Å². The van der Waals surface area contributed by atoms with Crippen LogP contribution in [0.4, 0.5) is 4.39 Å². The number of hydrogen-bond acceptors (Lipinski definition) is 1. The molecule has 3 aliphatic rings. The summed E-state index contributed by atoms with van der Waals surface area (Å²) in [4.78, 5) is 0. The molecule has 0 spiro atoms. The Morgan fingerprint density at radius 2 is 1.48 bits per heavy atom. The molecule has 0 saturated heterocycles. The van der Waals surface area contributed by atoms with Gasteiger partial charge in [-0.2, -0.15) is 0 Å². The summed E-state index contributed by atoms with van der Waals surface area (Å²) in [5.41, 5.74) is 0.917. The summed E-state index contributed by atoms with van der Waals surface area (Å²) in [6, 6.07) is 5.44. The minimum atomic E-state index is -0.0743. The Labute approximate surface area is 190 Å². The van der Waals surface area contributed by atoms with Gasteiger partial charge < -0.3 is 4.74 Å². The molecule has 2 heteroatoms. The maximum absolute atomic E-state index is 14.5. The monoisotopic (exact) mass is 428 g/mol. The number of methoxy groups -OCH3 is 1. The van der Waals surface area contributed by atoms with E-state index in [9.17, 15) is 4.39 Å². The van der Waals surface area contributed by atoms with Crippen LogP contribution in [0.2, 0.25) is 0 Å². The van der Waals surface area contributed by atoms with E-state index < -0.39 is 0 Å². The zero-order valence-electron chi connectivity index (χ0n) is 20.1. The Bertz CT molecular complexity index is 677. The van der Waals surface area contributed by atoms with Crippen molar-refractivity contribution in [3.8, 4) is 5.75 Å². The second kappa shape index (κ2) is 11.2. The highest BCUT2D eigenvalue weighted by Gasteiger charge is 2.38. The third kappa shape index (κ3) is 5.85. The van der Waals surface area contributed by atoms with Crippen molar-refractivity contribution in [2.75, 3.05) is 7.11 Å². The third-order valence-electron chi connectivity index (χ3n) is 9.31. The summed E-state index contributed by atoms with van der Waals surface area (Å²) in [5.74, 6) is 5.88. The molecule has 3 saturated carbocycles. The predicted octanol–water partition coefficient (Wildman–Crippen LogP) is 8.91. The minimum Gasteiger partial charge on any atom is -0.497 e. The SMILES string of the molecule is CCCCCCC1CCC2CC(C3CCC(c4ccc(OC)cc4F)CC3)CCC2C1. The van der Waals surface area contributed by atoms with Gasteiger partial charge in [0.05, 0.1) is 7.11 Å². The van der Waals surface area contributed by atoms with E-state index in [1.807, 2.05) is 12.1 Å². The van der Waals surface area contributed by atoms with Crippen molar-refractivity contribution in [1.29, 1.82) is 0 Å². The summed E-state index contributed by atoms with van der Waals surface area (Å²) in [6.45, 7) is 2.31. The lowest BCUT2D eigenvalue weighted by atomic mass is 9.60. The van der Waals surface area contributed by atoms with Crippen molar-refractivity contribution >= 4 is 0 Å². The van der Waals surface area contributed by atoms with Crippen LogP contribution in [0.5, 0.6) is 5.75 Å².